The van der Waals surface area contributed by atoms with Crippen LogP contribution < -0.4 is 9.47 Å². The lowest BCUT2D eigenvalue weighted by Gasteiger charge is -2.16. The quantitative estimate of drug-likeness (QED) is 0.826. The first-order valence-corrected chi connectivity index (χ1v) is 6.30. The van der Waals surface area contributed by atoms with E-state index in [0.29, 0.717) is 5.56 Å². The van der Waals surface area contributed by atoms with Gasteiger partial charge in [-0.1, -0.05) is 30.3 Å². The number of hydrogen-bond donors (Lipinski definition) is 2. The zero-order chi connectivity index (χ0) is 15.4. The van der Waals surface area contributed by atoms with Gasteiger partial charge >= 0.3 is 0 Å². The minimum absolute atomic E-state index is 0.173. The fraction of sp³-hybridized carbons (Fsp3) is 0.188. The molecule has 0 radical (unpaired) electrons. The number of aliphatic hydroxyl groups is 1. The third-order valence-electron chi connectivity index (χ3n) is 3.13. The summed E-state index contributed by atoms with van der Waals surface area (Å²) in [6, 6.07) is 11.1. The summed E-state index contributed by atoms with van der Waals surface area (Å²) >= 11 is 0. The van der Waals surface area contributed by atoms with E-state index in [1.807, 2.05) is 0 Å². The number of ketones is 1. The van der Waals surface area contributed by atoms with Gasteiger partial charge < -0.3 is 19.7 Å². The SMILES string of the molecule is COc1cc(OC)c(C(O)C(=O)c2ccccc2)cc1O. The van der Waals surface area contributed by atoms with E-state index in [9.17, 15) is 15.0 Å². The second-order valence-corrected chi connectivity index (χ2v) is 4.40. The lowest BCUT2D eigenvalue weighted by atomic mass is 9.98. The normalized spacial score (nSPS) is 11.8. The van der Waals surface area contributed by atoms with Crippen LogP contribution in [-0.4, -0.2) is 30.2 Å². The van der Waals surface area contributed by atoms with E-state index in [4.69, 9.17) is 9.47 Å². The molecule has 0 saturated carbocycles. The molecule has 0 bridgehead atoms. The van der Waals surface area contributed by atoms with Crippen molar-refractivity contribution in [2.45, 2.75) is 6.10 Å². The molecular weight excluding hydrogens is 272 g/mol. The highest BCUT2D eigenvalue weighted by molar-refractivity contribution is 6.00. The number of carbonyl (C=O) groups is 1. The van der Waals surface area contributed by atoms with Crippen molar-refractivity contribution in [3.8, 4) is 17.2 Å². The fourth-order valence-corrected chi connectivity index (χ4v) is 2.02. The summed E-state index contributed by atoms with van der Waals surface area (Å²) in [6.07, 6.45) is -1.43. The van der Waals surface area contributed by atoms with Crippen molar-refractivity contribution >= 4 is 5.78 Å². The molecule has 1 atom stereocenters. The third kappa shape index (κ3) is 2.98. The van der Waals surface area contributed by atoms with E-state index in [0.717, 1.165) is 0 Å². The summed E-state index contributed by atoms with van der Waals surface area (Å²) in [6.45, 7) is 0. The Morgan fingerprint density at radius 2 is 1.67 bits per heavy atom. The molecule has 0 fully saturated rings. The Morgan fingerprint density at radius 1 is 1.05 bits per heavy atom. The molecule has 0 aromatic heterocycles. The Labute approximate surface area is 122 Å². The molecule has 5 heteroatoms. The fourth-order valence-electron chi connectivity index (χ4n) is 2.02. The monoisotopic (exact) mass is 288 g/mol. The zero-order valence-electron chi connectivity index (χ0n) is 11.7. The van der Waals surface area contributed by atoms with Crippen molar-refractivity contribution in [2.24, 2.45) is 0 Å². The van der Waals surface area contributed by atoms with E-state index in [2.05, 4.69) is 0 Å². The van der Waals surface area contributed by atoms with Crippen LogP contribution in [0.4, 0.5) is 0 Å². The highest BCUT2D eigenvalue weighted by atomic mass is 16.5. The summed E-state index contributed by atoms with van der Waals surface area (Å²) in [5.74, 6) is -0.178. The van der Waals surface area contributed by atoms with Crippen molar-refractivity contribution in [1.82, 2.24) is 0 Å². The van der Waals surface area contributed by atoms with Crippen LogP contribution in [0.15, 0.2) is 42.5 Å². The first kappa shape index (κ1) is 14.9. The van der Waals surface area contributed by atoms with Gasteiger partial charge in [0.25, 0.3) is 0 Å². The molecule has 0 aliphatic heterocycles. The van der Waals surface area contributed by atoms with Gasteiger partial charge in [-0.05, 0) is 6.07 Å². The Balaban J connectivity index is 2.41. The van der Waals surface area contributed by atoms with E-state index >= 15 is 0 Å². The number of aromatic hydroxyl groups is 1. The predicted molar refractivity (Wildman–Crippen MR) is 76.9 cm³/mol. The van der Waals surface area contributed by atoms with Crippen molar-refractivity contribution in [3.63, 3.8) is 0 Å². The molecule has 2 N–H and O–H groups in total. The molecule has 21 heavy (non-hydrogen) atoms. The van der Waals surface area contributed by atoms with Gasteiger partial charge in [0.1, 0.15) is 11.9 Å². The Bertz CT molecular complexity index is 637. The predicted octanol–water partition coefficient (Wildman–Crippen LogP) is 2.33. The van der Waals surface area contributed by atoms with Crippen LogP contribution in [0.5, 0.6) is 17.2 Å². The number of aliphatic hydroxyl groups excluding tert-OH is 1. The minimum atomic E-state index is -1.43. The molecule has 0 amide bonds. The molecule has 0 heterocycles. The second-order valence-electron chi connectivity index (χ2n) is 4.40. The summed E-state index contributed by atoms with van der Waals surface area (Å²) in [4.78, 5) is 12.3. The number of rotatable bonds is 5. The zero-order valence-corrected chi connectivity index (χ0v) is 11.7. The molecule has 2 rings (SSSR count). The molecule has 0 saturated heterocycles. The molecule has 5 nitrogen and oxygen atoms in total. The van der Waals surface area contributed by atoms with Gasteiger partial charge in [-0.25, -0.2) is 0 Å². The van der Waals surface area contributed by atoms with Gasteiger partial charge in [0, 0.05) is 17.2 Å². The van der Waals surface area contributed by atoms with Crippen LogP contribution in [0.3, 0.4) is 0 Å². The van der Waals surface area contributed by atoms with Gasteiger partial charge in [-0.15, -0.1) is 0 Å². The largest absolute Gasteiger partial charge is 0.504 e. The maximum Gasteiger partial charge on any atom is 0.195 e. The van der Waals surface area contributed by atoms with Crippen LogP contribution in [-0.2, 0) is 0 Å². The lowest BCUT2D eigenvalue weighted by molar-refractivity contribution is 0.0742. The number of carbonyl (C=O) groups excluding carboxylic acids is 1. The number of ether oxygens (including phenoxy) is 2. The number of phenols is 1. The van der Waals surface area contributed by atoms with E-state index in [1.165, 1.54) is 26.4 Å². The number of hydrogen-bond acceptors (Lipinski definition) is 5. The second kappa shape index (κ2) is 6.28. The molecule has 110 valence electrons. The van der Waals surface area contributed by atoms with Crippen LogP contribution in [0, 0.1) is 0 Å². The standard InChI is InChI=1S/C16H16O5/c1-20-13-9-14(21-2)12(17)8-11(13)16(19)15(18)10-6-4-3-5-7-10/h3-9,16-17,19H,1-2H3. The maximum absolute atomic E-state index is 12.3. The van der Waals surface area contributed by atoms with Crippen LogP contribution >= 0.6 is 0 Å². The molecule has 2 aromatic rings. The average Bonchev–Trinajstić information content (AvgIpc) is 2.54. The van der Waals surface area contributed by atoms with Crippen molar-refractivity contribution in [3.05, 3.63) is 53.6 Å². The average molecular weight is 288 g/mol. The van der Waals surface area contributed by atoms with Crippen LogP contribution in [0.25, 0.3) is 0 Å². The van der Waals surface area contributed by atoms with Crippen molar-refractivity contribution < 1.29 is 24.5 Å². The third-order valence-corrected chi connectivity index (χ3v) is 3.13. The highest BCUT2D eigenvalue weighted by Gasteiger charge is 2.24. The molecule has 2 aromatic carbocycles. The first-order chi connectivity index (χ1) is 10.1. The van der Waals surface area contributed by atoms with E-state index < -0.39 is 11.9 Å². The molecule has 0 aliphatic carbocycles. The van der Waals surface area contributed by atoms with Crippen LogP contribution in [0.1, 0.15) is 22.0 Å². The number of phenolic OH excluding ortho intramolecular Hbond substituents is 1. The van der Waals surface area contributed by atoms with Gasteiger partial charge in [0.15, 0.2) is 17.3 Å². The van der Waals surface area contributed by atoms with Gasteiger partial charge in [0.05, 0.1) is 14.2 Å². The molecule has 0 spiro atoms. The Morgan fingerprint density at radius 3 is 2.24 bits per heavy atom. The van der Waals surface area contributed by atoms with Crippen LogP contribution in [0.2, 0.25) is 0 Å². The van der Waals surface area contributed by atoms with Gasteiger partial charge in [-0.3, -0.25) is 4.79 Å². The number of methoxy groups -OCH3 is 2. The number of Topliss-reactive ketones (excluding diaryl/α,β-unsaturated/α-hetero) is 1. The highest BCUT2D eigenvalue weighted by Crippen LogP contribution is 2.37. The van der Waals surface area contributed by atoms with Gasteiger partial charge in [0.2, 0.25) is 0 Å². The molecule has 1 unspecified atom stereocenters. The van der Waals surface area contributed by atoms with E-state index in [-0.39, 0.29) is 22.8 Å². The Kier molecular flexibility index (Phi) is 4.45. The minimum Gasteiger partial charge on any atom is -0.504 e. The maximum atomic E-state index is 12.3. The molecule has 0 aliphatic rings. The smallest absolute Gasteiger partial charge is 0.195 e. The van der Waals surface area contributed by atoms with Crippen molar-refractivity contribution in [1.29, 1.82) is 0 Å². The van der Waals surface area contributed by atoms with Gasteiger partial charge in [-0.2, -0.15) is 0 Å². The lowest BCUT2D eigenvalue weighted by Crippen LogP contribution is -2.13. The summed E-state index contributed by atoms with van der Waals surface area (Å²) < 4.78 is 10.1. The number of benzene rings is 2. The van der Waals surface area contributed by atoms with E-state index in [1.54, 1.807) is 30.3 Å². The summed E-state index contributed by atoms with van der Waals surface area (Å²) in [7, 11) is 2.81. The summed E-state index contributed by atoms with van der Waals surface area (Å²) in [5, 5.41) is 20.1. The topological polar surface area (TPSA) is 76.0 Å². The first-order valence-electron chi connectivity index (χ1n) is 6.30. The van der Waals surface area contributed by atoms with Crippen molar-refractivity contribution in [2.75, 3.05) is 14.2 Å². The summed E-state index contributed by atoms with van der Waals surface area (Å²) in [5.41, 5.74) is 0.562. The Hall–Kier alpha value is -2.53. The molecular formula is C16H16O5.